The van der Waals surface area contributed by atoms with Gasteiger partial charge in [-0.15, -0.1) is 0 Å². The summed E-state index contributed by atoms with van der Waals surface area (Å²) >= 11 is 0. The zero-order valence-corrected chi connectivity index (χ0v) is 12.2. The first-order chi connectivity index (χ1) is 8.77. The largest absolute Gasteiger partial charge is 0.466 e. The molecule has 0 rings (SSSR count). The fourth-order valence-electron chi connectivity index (χ4n) is 1.86. The number of rotatable bonds is 12. The molecule has 0 saturated heterocycles. The van der Waals surface area contributed by atoms with Crippen LogP contribution in [0.2, 0.25) is 0 Å². The van der Waals surface area contributed by atoms with E-state index in [2.05, 4.69) is 19.1 Å². The predicted octanol–water partition coefficient (Wildman–Crippen LogP) is 5.03. The van der Waals surface area contributed by atoms with Crippen LogP contribution in [-0.2, 0) is 9.53 Å². The molecule has 106 valence electrons. The van der Waals surface area contributed by atoms with E-state index in [1.54, 1.807) is 0 Å². The molecule has 0 fully saturated rings. The standard InChI is InChI=1S/C16H30O2/c1-3-4-5-6-7-8-9-10-11-12-13-14-15-18-16(2)17/h7-8H,3-6,9-15H2,1-2H3. The summed E-state index contributed by atoms with van der Waals surface area (Å²) in [4.78, 5) is 10.5. The van der Waals surface area contributed by atoms with Crippen LogP contribution in [0.3, 0.4) is 0 Å². The first-order valence-corrected chi connectivity index (χ1v) is 7.55. The van der Waals surface area contributed by atoms with Gasteiger partial charge >= 0.3 is 5.97 Å². The van der Waals surface area contributed by atoms with Crippen molar-refractivity contribution in [3.05, 3.63) is 12.2 Å². The van der Waals surface area contributed by atoms with Crippen LogP contribution in [-0.4, -0.2) is 12.6 Å². The van der Waals surface area contributed by atoms with Crippen LogP contribution in [0.4, 0.5) is 0 Å². The summed E-state index contributed by atoms with van der Waals surface area (Å²) in [5.74, 6) is -0.164. The third-order valence-corrected chi connectivity index (χ3v) is 2.96. The van der Waals surface area contributed by atoms with Crippen molar-refractivity contribution < 1.29 is 9.53 Å². The molecule has 0 amide bonds. The zero-order chi connectivity index (χ0) is 13.5. The molecule has 0 aliphatic rings. The lowest BCUT2D eigenvalue weighted by molar-refractivity contribution is -0.141. The van der Waals surface area contributed by atoms with Gasteiger partial charge in [0.15, 0.2) is 0 Å². The molecular formula is C16H30O2. The van der Waals surface area contributed by atoms with Gasteiger partial charge in [-0.2, -0.15) is 0 Å². The van der Waals surface area contributed by atoms with Gasteiger partial charge < -0.3 is 4.74 Å². The van der Waals surface area contributed by atoms with Crippen LogP contribution < -0.4 is 0 Å². The second-order valence-electron chi connectivity index (χ2n) is 4.86. The Labute approximate surface area is 113 Å². The van der Waals surface area contributed by atoms with Crippen molar-refractivity contribution in [2.45, 2.75) is 78.1 Å². The van der Waals surface area contributed by atoms with Gasteiger partial charge in [0.1, 0.15) is 0 Å². The summed E-state index contributed by atoms with van der Waals surface area (Å²) in [7, 11) is 0. The molecule has 0 aliphatic heterocycles. The van der Waals surface area contributed by atoms with E-state index >= 15 is 0 Å². The SMILES string of the molecule is CCCCCC=CCCCCCCCOC(C)=O. The van der Waals surface area contributed by atoms with Crippen LogP contribution in [0, 0.1) is 0 Å². The van der Waals surface area contributed by atoms with Crippen molar-refractivity contribution in [3.8, 4) is 0 Å². The molecule has 2 heteroatoms. The highest BCUT2D eigenvalue weighted by Gasteiger charge is 1.93. The van der Waals surface area contributed by atoms with Crippen molar-refractivity contribution in [2.75, 3.05) is 6.61 Å². The highest BCUT2D eigenvalue weighted by molar-refractivity contribution is 5.65. The maximum Gasteiger partial charge on any atom is 0.302 e. The van der Waals surface area contributed by atoms with Gasteiger partial charge in [0.2, 0.25) is 0 Å². The molecule has 0 aliphatic carbocycles. The Bertz CT molecular complexity index is 209. The summed E-state index contributed by atoms with van der Waals surface area (Å²) in [5, 5.41) is 0. The number of carbonyl (C=O) groups is 1. The summed E-state index contributed by atoms with van der Waals surface area (Å²) in [6.45, 7) is 4.30. The minimum absolute atomic E-state index is 0.164. The van der Waals surface area contributed by atoms with Gasteiger partial charge in [0, 0.05) is 6.92 Å². The quantitative estimate of drug-likeness (QED) is 0.277. The maximum absolute atomic E-state index is 10.5. The third kappa shape index (κ3) is 15.2. The lowest BCUT2D eigenvalue weighted by atomic mass is 10.1. The Hall–Kier alpha value is -0.790. The van der Waals surface area contributed by atoms with E-state index in [0.29, 0.717) is 6.61 Å². The molecule has 0 spiro atoms. The molecule has 2 nitrogen and oxygen atoms in total. The second kappa shape index (κ2) is 14.3. The monoisotopic (exact) mass is 254 g/mol. The number of hydrogen-bond donors (Lipinski definition) is 0. The lowest BCUT2D eigenvalue weighted by Crippen LogP contribution is -1.99. The molecule has 0 aromatic rings. The number of allylic oxidation sites excluding steroid dienone is 2. The molecule has 0 aromatic carbocycles. The summed E-state index contributed by atoms with van der Waals surface area (Å²) in [5.41, 5.74) is 0. The van der Waals surface area contributed by atoms with Crippen molar-refractivity contribution in [1.29, 1.82) is 0 Å². The molecule has 0 unspecified atom stereocenters. The van der Waals surface area contributed by atoms with Crippen molar-refractivity contribution in [3.63, 3.8) is 0 Å². The molecule has 0 atom stereocenters. The van der Waals surface area contributed by atoms with E-state index < -0.39 is 0 Å². The van der Waals surface area contributed by atoms with Gasteiger partial charge in [-0.05, 0) is 32.1 Å². The Morgan fingerprint density at radius 3 is 2.06 bits per heavy atom. The molecule has 0 aromatic heterocycles. The van der Waals surface area contributed by atoms with Crippen LogP contribution >= 0.6 is 0 Å². The van der Waals surface area contributed by atoms with E-state index in [9.17, 15) is 4.79 Å². The molecule has 0 saturated carbocycles. The van der Waals surface area contributed by atoms with Gasteiger partial charge in [0.05, 0.1) is 6.61 Å². The Balaban J connectivity index is 3.04. The maximum atomic E-state index is 10.5. The number of unbranched alkanes of at least 4 members (excludes halogenated alkanes) is 8. The van der Waals surface area contributed by atoms with Crippen LogP contribution in [0.15, 0.2) is 12.2 Å². The number of esters is 1. The minimum Gasteiger partial charge on any atom is -0.466 e. The van der Waals surface area contributed by atoms with E-state index in [0.717, 1.165) is 6.42 Å². The van der Waals surface area contributed by atoms with Crippen LogP contribution in [0.25, 0.3) is 0 Å². The molecule has 0 bridgehead atoms. The van der Waals surface area contributed by atoms with E-state index in [1.165, 1.54) is 64.7 Å². The number of ether oxygens (including phenoxy) is 1. The third-order valence-electron chi connectivity index (χ3n) is 2.96. The van der Waals surface area contributed by atoms with Crippen molar-refractivity contribution in [2.24, 2.45) is 0 Å². The zero-order valence-electron chi connectivity index (χ0n) is 12.2. The summed E-state index contributed by atoms with van der Waals surface area (Å²) in [6, 6.07) is 0. The van der Waals surface area contributed by atoms with Crippen molar-refractivity contribution >= 4 is 5.97 Å². The Kier molecular flexibility index (Phi) is 13.6. The van der Waals surface area contributed by atoms with Crippen molar-refractivity contribution in [1.82, 2.24) is 0 Å². The smallest absolute Gasteiger partial charge is 0.302 e. The Morgan fingerprint density at radius 1 is 0.889 bits per heavy atom. The number of carbonyl (C=O) groups excluding carboxylic acids is 1. The number of hydrogen-bond acceptors (Lipinski definition) is 2. The van der Waals surface area contributed by atoms with Gasteiger partial charge in [-0.25, -0.2) is 0 Å². The predicted molar refractivity (Wildman–Crippen MR) is 77.6 cm³/mol. The van der Waals surface area contributed by atoms with Gasteiger partial charge in [0.25, 0.3) is 0 Å². The fraction of sp³-hybridized carbons (Fsp3) is 0.812. The van der Waals surface area contributed by atoms with Gasteiger partial charge in [-0.3, -0.25) is 4.79 Å². The van der Waals surface area contributed by atoms with E-state index in [1.807, 2.05) is 0 Å². The Morgan fingerprint density at radius 2 is 1.44 bits per heavy atom. The summed E-state index contributed by atoms with van der Waals surface area (Å²) < 4.78 is 4.88. The minimum atomic E-state index is -0.164. The highest BCUT2D eigenvalue weighted by Crippen LogP contribution is 2.07. The topological polar surface area (TPSA) is 26.3 Å². The normalized spacial score (nSPS) is 11.0. The first kappa shape index (κ1) is 17.2. The first-order valence-electron chi connectivity index (χ1n) is 7.55. The molecular weight excluding hydrogens is 224 g/mol. The van der Waals surface area contributed by atoms with E-state index in [-0.39, 0.29) is 5.97 Å². The molecule has 0 heterocycles. The van der Waals surface area contributed by atoms with Gasteiger partial charge in [-0.1, -0.05) is 51.2 Å². The molecule has 18 heavy (non-hydrogen) atoms. The lowest BCUT2D eigenvalue weighted by Gasteiger charge is -2.01. The van der Waals surface area contributed by atoms with E-state index in [4.69, 9.17) is 4.74 Å². The average molecular weight is 254 g/mol. The van der Waals surface area contributed by atoms with Crippen LogP contribution in [0.1, 0.15) is 78.1 Å². The highest BCUT2D eigenvalue weighted by atomic mass is 16.5. The molecule has 0 radical (unpaired) electrons. The fourth-order valence-corrected chi connectivity index (χ4v) is 1.86. The average Bonchev–Trinajstić information content (AvgIpc) is 2.34. The molecule has 0 N–H and O–H groups in total. The second-order valence-corrected chi connectivity index (χ2v) is 4.86. The van der Waals surface area contributed by atoms with Crippen LogP contribution in [0.5, 0.6) is 0 Å². The summed E-state index contributed by atoms with van der Waals surface area (Å²) in [6.07, 6.45) is 17.1.